The van der Waals surface area contributed by atoms with Gasteiger partial charge in [0, 0.05) is 0 Å². The quantitative estimate of drug-likeness (QED) is 0.352. The zero-order chi connectivity index (χ0) is 10.5. The topological polar surface area (TPSA) is 36.9 Å². The summed E-state index contributed by atoms with van der Waals surface area (Å²) in [5, 5.41) is 0. The molecule has 14 heavy (non-hydrogen) atoms. The molecule has 1 heterocycles. The maximum absolute atomic E-state index is 5.10. The average molecular weight is 269 g/mol. The van der Waals surface area contributed by atoms with Crippen molar-refractivity contribution in [3.63, 3.8) is 0 Å². The molecule has 0 amide bonds. The van der Waals surface area contributed by atoms with E-state index >= 15 is 0 Å². The summed E-state index contributed by atoms with van der Waals surface area (Å²) in [5.41, 5.74) is 0. The Bertz CT molecular complexity index is 102. The lowest BCUT2D eigenvalue weighted by atomic mass is 10.3. The van der Waals surface area contributed by atoms with E-state index in [2.05, 4.69) is 13.5 Å². The van der Waals surface area contributed by atoms with Crippen LogP contribution >= 0.6 is 0 Å². The molecule has 0 aliphatic carbocycles. The summed E-state index contributed by atoms with van der Waals surface area (Å²) < 4.78 is 20.4. The predicted molar refractivity (Wildman–Crippen MR) is 68.2 cm³/mol. The Labute approximate surface area is 95.6 Å². The van der Waals surface area contributed by atoms with Gasteiger partial charge in [-0.15, -0.1) is 6.58 Å². The summed E-state index contributed by atoms with van der Waals surface area (Å²) in [5.74, 6) is 0. The summed E-state index contributed by atoms with van der Waals surface area (Å²) in [6.45, 7) is 5.78. The third-order valence-electron chi connectivity index (χ3n) is 1.43. The first-order chi connectivity index (χ1) is 6.91. The van der Waals surface area contributed by atoms with Gasteiger partial charge >= 0.3 is 0 Å². The van der Waals surface area contributed by atoms with Gasteiger partial charge in [-0.05, 0) is 6.42 Å². The summed E-state index contributed by atoms with van der Waals surface area (Å²) in [4.78, 5) is 0. The zero-order valence-electron chi connectivity index (χ0n) is 8.87. The standard InChI is InChI=1S/C6H12.H8O4Si4/c1-3-5-6-4-2;1-5-2-7-4-8-3-6-1/h3H,1,4-6H2,2H3;5-8H2. The van der Waals surface area contributed by atoms with Crippen LogP contribution in [-0.2, 0) is 16.5 Å². The summed E-state index contributed by atoms with van der Waals surface area (Å²) in [6, 6.07) is 0. The molecule has 1 aliphatic heterocycles. The Morgan fingerprint density at radius 1 is 1.00 bits per heavy atom. The molecule has 0 unspecified atom stereocenters. The third kappa shape index (κ3) is 12.4. The minimum absolute atomic E-state index is 0.653. The second-order valence-electron chi connectivity index (χ2n) is 2.72. The summed E-state index contributed by atoms with van der Waals surface area (Å²) in [6.07, 6.45) is 5.72. The smallest absolute Gasteiger partial charge is 0.286 e. The highest BCUT2D eigenvalue weighted by atomic mass is 28.4. The molecule has 0 N–H and O–H groups in total. The van der Waals surface area contributed by atoms with E-state index in [0.717, 1.165) is 0 Å². The SMILES string of the molecule is C=CCCCC.O1[SiH2]O[SiH2]O[SiH2]O[SiH2]1. The van der Waals surface area contributed by atoms with Gasteiger partial charge in [-0.1, -0.05) is 25.8 Å². The Hall–Kier alpha value is 0.448. The van der Waals surface area contributed by atoms with Crippen LogP contribution in [0.4, 0.5) is 0 Å². The van der Waals surface area contributed by atoms with Crippen molar-refractivity contribution in [3.8, 4) is 0 Å². The van der Waals surface area contributed by atoms with Crippen LogP contribution < -0.4 is 0 Å². The van der Waals surface area contributed by atoms with E-state index in [1.54, 1.807) is 0 Å². The van der Waals surface area contributed by atoms with E-state index in [1.807, 2.05) is 6.08 Å². The first-order valence-electron chi connectivity index (χ1n) is 4.83. The number of rotatable bonds is 3. The Balaban J connectivity index is 0.000000255. The minimum atomic E-state index is -0.653. The van der Waals surface area contributed by atoms with Gasteiger partial charge < -0.3 is 16.5 Å². The first-order valence-corrected chi connectivity index (χ1v) is 9.45. The van der Waals surface area contributed by atoms with Crippen LogP contribution in [0.1, 0.15) is 26.2 Å². The Kier molecular flexibility index (Phi) is 13.9. The molecule has 0 aromatic rings. The van der Waals surface area contributed by atoms with Crippen molar-refractivity contribution in [3.05, 3.63) is 12.7 Å². The molecule has 8 heteroatoms. The van der Waals surface area contributed by atoms with Gasteiger partial charge in [0.25, 0.3) is 40.0 Å². The van der Waals surface area contributed by atoms with Gasteiger partial charge in [0.1, 0.15) is 0 Å². The van der Waals surface area contributed by atoms with Crippen LogP contribution in [0.3, 0.4) is 0 Å². The van der Waals surface area contributed by atoms with Crippen molar-refractivity contribution in [2.24, 2.45) is 0 Å². The maximum atomic E-state index is 5.10. The lowest BCUT2D eigenvalue weighted by molar-refractivity contribution is 0.347. The van der Waals surface area contributed by atoms with Crippen molar-refractivity contribution in [1.29, 1.82) is 0 Å². The molecule has 84 valence electrons. The molecule has 1 fully saturated rings. The second-order valence-corrected chi connectivity index (χ2v) is 10.2. The van der Waals surface area contributed by atoms with Crippen LogP contribution in [0, 0.1) is 0 Å². The molecular weight excluding hydrogens is 248 g/mol. The van der Waals surface area contributed by atoms with Crippen molar-refractivity contribution in [2.45, 2.75) is 26.2 Å². The van der Waals surface area contributed by atoms with E-state index in [0.29, 0.717) is 0 Å². The number of hydrogen-bond acceptors (Lipinski definition) is 4. The molecule has 0 spiro atoms. The van der Waals surface area contributed by atoms with E-state index in [1.165, 1.54) is 19.3 Å². The molecule has 1 rings (SSSR count). The average Bonchev–Trinajstić information content (AvgIpc) is 2.14. The molecule has 0 aromatic carbocycles. The van der Waals surface area contributed by atoms with Crippen LogP contribution in [0.15, 0.2) is 12.7 Å². The Morgan fingerprint density at radius 3 is 1.64 bits per heavy atom. The van der Waals surface area contributed by atoms with Crippen LogP contribution in [-0.4, -0.2) is 40.0 Å². The number of hydrogen-bond donors (Lipinski definition) is 0. The molecule has 0 radical (unpaired) electrons. The highest BCUT2D eigenvalue weighted by Gasteiger charge is 1.97. The predicted octanol–water partition coefficient (Wildman–Crippen LogP) is -1.58. The fraction of sp³-hybridized carbons (Fsp3) is 0.667. The van der Waals surface area contributed by atoms with Gasteiger partial charge in [0.05, 0.1) is 0 Å². The highest BCUT2D eigenvalue weighted by Crippen LogP contribution is 1.91. The molecule has 4 nitrogen and oxygen atoms in total. The molecule has 1 saturated heterocycles. The van der Waals surface area contributed by atoms with Gasteiger partial charge in [-0.3, -0.25) is 0 Å². The molecule has 1 aliphatic rings. The number of unbranched alkanes of at least 4 members (excludes halogenated alkanes) is 2. The summed E-state index contributed by atoms with van der Waals surface area (Å²) >= 11 is 0. The number of allylic oxidation sites excluding steroid dienone is 1. The second kappa shape index (κ2) is 13.4. The third-order valence-corrected chi connectivity index (χ3v) is 6.76. The molecule has 0 saturated carbocycles. The van der Waals surface area contributed by atoms with Gasteiger partial charge in [0.2, 0.25) is 0 Å². The fourth-order valence-electron chi connectivity index (χ4n) is 0.720. The Morgan fingerprint density at radius 2 is 1.43 bits per heavy atom. The molecular formula is C6H20O4Si4. The minimum Gasteiger partial charge on any atom is -0.425 e. The zero-order valence-corrected chi connectivity index (χ0v) is 14.5. The van der Waals surface area contributed by atoms with Crippen molar-refractivity contribution in [2.75, 3.05) is 0 Å². The van der Waals surface area contributed by atoms with Crippen molar-refractivity contribution in [1.82, 2.24) is 0 Å². The van der Waals surface area contributed by atoms with Gasteiger partial charge in [0.15, 0.2) is 0 Å². The normalized spacial score (nSPS) is 24.1. The van der Waals surface area contributed by atoms with Gasteiger partial charge in [-0.2, -0.15) is 0 Å². The highest BCUT2D eigenvalue weighted by molar-refractivity contribution is 6.50. The van der Waals surface area contributed by atoms with Crippen molar-refractivity contribution < 1.29 is 16.5 Å². The van der Waals surface area contributed by atoms with Crippen LogP contribution in [0.25, 0.3) is 0 Å². The molecule has 0 atom stereocenters. The maximum Gasteiger partial charge on any atom is 0.286 e. The largest absolute Gasteiger partial charge is 0.425 e. The van der Waals surface area contributed by atoms with Crippen LogP contribution in [0.2, 0.25) is 0 Å². The monoisotopic (exact) mass is 268 g/mol. The summed E-state index contributed by atoms with van der Waals surface area (Å²) in [7, 11) is -2.61. The first kappa shape index (κ1) is 14.4. The van der Waals surface area contributed by atoms with E-state index < -0.39 is 40.0 Å². The van der Waals surface area contributed by atoms with E-state index in [4.69, 9.17) is 16.5 Å². The van der Waals surface area contributed by atoms with Gasteiger partial charge in [-0.25, -0.2) is 0 Å². The molecule has 0 aromatic heterocycles. The fourth-order valence-corrected chi connectivity index (χ4v) is 7.94. The lowest BCUT2D eigenvalue weighted by Crippen LogP contribution is -2.23. The van der Waals surface area contributed by atoms with E-state index in [9.17, 15) is 0 Å². The van der Waals surface area contributed by atoms with E-state index in [-0.39, 0.29) is 0 Å². The molecule has 0 bridgehead atoms. The lowest BCUT2D eigenvalue weighted by Gasteiger charge is -2.10. The van der Waals surface area contributed by atoms with Crippen molar-refractivity contribution >= 4 is 40.0 Å². The van der Waals surface area contributed by atoms with Crippen LogP contribution in [0.5, 0.6) is 0 Å².